The standard InChI is InChI=1S/C19H29NO4S/c1-5-23-17-13-15(7-8-16(17)22-4)19-20(18(21)9-12-25-19)10-6-11-24-14(2)3/h7-8,13-14,19H,5-6,9-12H2,1-4H3. The van der Waals surface area contributed by atoms with Crippen LogP contribution < -0.4 is 9.47 Å². The van der Waals surface area contributed by atoms with Crippen molar-refractivity contribution in [3.8, 4) is 11.5 Å². The molecule has 140 valence electrons. The van der Waals surface area contributed by atoms with Gasteiger partial charge >= 0.3 is 0 Å². The molecule has 5 nitrogen and oxygen atoms in total. The van der Waals surface area contributed by atoms with Gasteiger partial charge in [-0.2, -0.15) is 0 Å². The van der Waals surface area contributed by atoms with E-state index in [2.05, 4.69) is 0 Å². The fraction of sp³-hybridized carbons (Fsp3) is 0.632. The van der Waals surface area contributed by atoms with Gasteiger partial charge in [0, 0.05) is 25.3 Å². The minimum Gasteiger partial charge on any atom is -0.493 e. The lowest BCUT2D eigenvalue weighted by Crippen LogP contribution is -2.38. The van der Waals surface area contributed by atoms with Gasteiger partial charge in [-0.25, -0.2) is 0 Å². The van der Waals surface area contributed by atoms with Crippen LogP contribution in [0.4, 0.5) is 0 Å². The Morgan fingerprint density at radius 1 is 1.32 bits per heavy atom. The summed E-state index contributed by atoms with van der Waals surface area (Å²) < 4.78 is 16.7. The van der Waals surface area contributed by atoms with E-state index in [1.807, 2.05) is 43.9 Å². The SMILES string of the molecule is CCOc1cc(C2SCCC(=O)N2CCCOC(C)C)ccc1OC. The Hall–Kier alpha value is -1.40. The number of hydrogen-bond acceptors (Lipinski definition) is 5. The summed E-state index contributed by atoms with van der Waals surface area (Å²) in [6, 6.07) is 5.94. The maximum Gasteiger partial charge on any atom is 0.224 e. The number of amides is 1. The van der Waals surface area contributed by atoms with Crippen LogP contribution in [0, 0.1) is 0 Å². The molecule has 1 aromatic rings. The van der Waals surface area contributed by atoms with Gasteiger partial charge in [0.25, 0.3) is 0 Å². The van der Waals surface area contributed by atoms with Crippen LogP contribution >= 0.6 is 11.8 Å². The lowest BCUT2D eigenvalue weighted by Gasteiger charge is -2.35. The van der Waals surface area contributed by atoms with E-state index in [0.717, 1.165) is 29.2 Å². The van der Waals surface area contributed by atoms with E-state index in [9.17, 15) is 4.79 Å². The molecule has 25 heavy (non-hydrogen) atoms. The van der Waals surface area contributed by atoms with E-state index < -0.39 is 0 Å². The highest BCUT2D eigenvalue weighted by atomic mass is 32.2. The van der Waals surface area contributed by atoms with Gasteiger partial charge in [-0.05, 0) is 44.9 Å². The van der Waals surface area contributed by atoms with E-state index in [4.69, 9.17) is 14.2 Å². The van der Waals surface area contributed by atoms with Crippen molar-refractivity contribution in [2.75, 3.05) is 32.6 Å². The summed E-state index contributed by atoms with van der Waals surface area (Å²) in [5.74, 6) is 2.50. The lowest BCUT2D eigenvalue weighted by molar-refractivity contribution is -0.132. The monoisotopic (exact) mass is 367 g/mol. The quantitative estimate of drug-likeness (QED) is 0.620. The van der Waals surface area contributed by atoms with Crippen molar-refractivity contribution in [2.45, 2.75) is 45.1 Å². The van der Waals surface area contributed by atoms with E-state index in [-0.39, 0.29) is 17.4 Å². The number of thioether (sulfide) groups is 1. The molecule has 0 N–H and O–H groups in total. The molecule has 1 aromatic carbocycles. The van der Waals surface area contributed by atoms with Crippen molar-refractivity contribution >= 4 is 17.7 Å². The smallest absolute Gasteiger partial charge is 0.224 e. The van der Waals surface area contributed by atoms with Crippen LogP contribution in [-0.4, -0.2) is 49.5 Å². The Morgan fingerprint density at radius 3 is 2.80 bits per heavy atom. The molecule has 1 amide bonds. The minimum atomic E-state index is 0.0189. The van der Waals surface area contributed by atoms with Gasteiger partial charge in [0.15, 0.2) is 11.5 Å². The second-order valence-electron chi connectivity index (χ2n) is 6.18. The first kappa shape index (κ1) is 19.9. The van der Waals surface area contributed by atoms with Crippen molar-refractivity contribution in [3.05, 3.63) is 23.8 Å². The Balaban J connectivity index is 2.13. The zero-order valence-corrected chi connectivity index (χ0v) is 16.4. The zero-order valence-electron chi connectivity index (χ0n) is 15.6. The first-order valence-corrected chi connectivity index (χ1v) is 9.95. The van der Waals surface area contributed by atoms with Crippen LogP contribution in [0.5, 0.6) is 11.5 Å². The molecular formula is C19H29NO4S. The molecule has 2 rings (SSSR count). The summed E-state index contributed by atoms with van der Waals surface area (Å²) in [4.78, 5) is 14.4. The number of ether oxygens (including phenoxy) is 3. The van der Waals surface area contributed by atoms with E-state index >= 15 is 0 Å². The first-order chi connectivity index (χ1) is 12.1. The van der Waals surface area contributed by atoms with Crippen molar-refractivity contribution in [2.24, 2.45) is 0 Å². The number of methoxy groups -OCH3 is 1. The fourth-order valence-electron chi connectivity index (χ4n) is 2.81. The Bertz CT molecular complexity index is 564. The molecule has 1 heterocycles. The van der Waals surface area contributed by atoms with Crippen LogP contribution in [0.25, 0.3) is 0 Å². The molecular weight excluding hydrogens is 338 g/mol. The van der Waals surface area contributed by atoms with Gasteiger partial charge in [0.05, 0.1) is 19.8 Å². The molecule has 1 aliphatic rings. The molecule has 0 saturated carbocycles. The van der Waals surface area contributed by atoms with Gasteiger partial charge in [-0.15, -0.1) is 11.8 Å². The third-order valence-electron chi connectivity index (χ3n) is 3.96. The number of hydrogen-bond donors (Lipinski definition) is 0. The molecule has 0 radical (unpaired) electrons. The molecule has 6 heteroatoms. The Labute approximate surface area is 155 Å². The average molecular weight is 368 g/mol. The molecule has 1 fully saturated rings. The summed E-state index contributed by atoms with van der Waals surface area (Å²) in [5, 5.41) is 0.0189. The highest BCUT2D eigenvalue weighted by molar-refractivity contribution is 7.99. The summed E-state index contributed by atoms with van der Waals surface area (Å²) >= 11 is 1.80. The van der Waals surface area contributed by atoms with Crippen LogP contribution in [0.15, 0.2) is 18.2 Å². The van der Waals surface area contributed by atoms with Crippen molar-refractivity contribution in [1.29, 1.82) is 0 Å². The normalized spacial score (nSPS) is 17.9. The molecule has 0 aromatic heterocycles. The summed E-state index contributed by atoms with van der Waals surface area (Å²) in [7, 11) is 1.64. The summed E-state index contributed by atoms with van der Waals surface area (Å²) in [5.41, 5.74) is 1.08. The van der Waals surface area contributed by atoms with Gasteiger partial charge in [0.1, 0.15) is 5.37 Å². The number of carbonyl (C=O) groups is 1. The average Bonchev–Trinajstić information content (AvgIpc) is 2.59. The fourth-order valence-corrected chi connectivity index (χ4v) is 4.07. The second-order valence-corrected chi connectivity index (χ2v) is 7.36. The first-order valence-electron chi connectivity index (χ1n) is 8.90. The third kappa shape index (κ3) is 5.54. The molecule has 1 aliphatic heterocycles. The van der Waals surface area contributed by atoms with Crippen LogP contribution in [-0.2, 0) is 9.53 Å². The molecule has 0 aliphatic carbocycles. The number of carbonyl (C=O) groups excluding carboxylic acids is 1. The van der Waals surface area contributed by atoms with Crippen LogP contribution in [0.2, 0.25) is 0 Å². The zero-order chi connectivity index (χ0) is 18.2. The number of benzene rings is 1. The van der Waals surface area contributed by atoms with Gasteiger partial charge in [0.2, 0.25) is 5.91 Å². The van der Waals surface area contributed by atoms with Crippen molar-refractivity contribution < 1.29 is 19.0 Å². The van der Waals surface area contributed by atoms with Gasteiger partial charge in [-0.3, -0.25) is 4.79 Å². The van der Waals surface area contributed by atoms with Gasteiger partial charge in [-0.1, -0.05) is 6.07 Å². The predicted molar refractivity (Wildman–Crippen MR) is 101 cm³/mol. The number of rotatable bonds is 9. The highest BCUT2D eigenvalue weighted by Gasteiger charge is 2.30. The molecule has 0 bridgehead atoms. The summed E-state index contributed by atoms with van der Waals surface area (Å²) in [6.45, 7) is 7.96. The van der Waals surface area contributed by atoms with Gasteiger partial charge < -0.3 is 19.1 Å². The summed E-state index contributed by atoms with van der Waals surface area (Å²) in [6.07, 6.45) is 1.66. The predicted octanol–water partition coefficient (Wildman–Crippen LogP) is 3.87. The second kappa shape index (κ2) is 9.92. The molecule has 0 spiro atoms. The Kier molecular flexibility index (Phi) is 7.90. The van der Waals surface area contributed by atoms with E-state index in [1.165, 1.54) is 0 Å². The van der Waals surface area contributed by atoms with Crippen LogP contribution in [0.3, 0.4) is 0 Å². The highest BCUT2D eigenvalue weighted by Crippen LogP contribution is 2.40. The van der Waals surface area contributed by atoms with E-state index in [1.54, 1.807) is 18.9 Å². The largest absolute Gasteiger partial charge is 0.493 e. The molecule has 1 atom stereocenters. The molecule has 1 unspecified atom stereocenters. The van der Waals surface area contributed by atoms with Crippen LogP contribution in [0.1, 0.15) is 44.6 Å². The lowest BCUT2D eigenvalue weighted by atomic mass is 10.1. The third-order valence-corrected chi connectivity index (χ3v) is 5.24. The minimum absolute atomic E-state index is 0.0189. The Morgan fingerprint density at radius 2 is 2.12 bits per heavy atom. The molecule has 1 saturated heterocycles. The van der Waals surface area contributed by atoms with Crippen molar-refractivity contribution in [1.82, 2.24) is 4.90 Å². The van der Waals surface area contributed by atoms with E-state index in [0.29, 0.717) is 26.2 Å². The van der Waals surface area contributed by atoms with Crippen molar-refractivity contribution in [3.63, 3.8) is 0 Å². The maximum atomic E-state index is 12.5. The maximum absolute atomic E-state index is 12.5. The topological polar surface area (TPSA) is 48.0 Å². The number of nitrogens with zero attached hydrogens (tertiary/aromatic N) is 1.